The number of aromatic nitrogens is 1. The van der Waals surface area contributed by atoms with E-state index in [0.717, 1.165) is 66.2 Å². The number of ether oxygens (including phenoxy) is 1. The summed E-state index contributed by atoms with van der Waals surface area (Å²) in [5, 5.41) is 0.919. The minimum atomic E-state index is -3.71. The van der Waals surface area contributed by atoms with Gasteiger partial charge in [-0.25, -0.2) is 17.8 Å². The molecule has 1 aromatic heterocycles. The van der Waals surface area contributed by atoms with Crippen LogP contribution in [0.5, 0.6) is 0 Å². The van der Waals surface area contributed by atoms with Crippen molar-refractivity contribution < 1.29 is 17.9 Å². The maximum Gasteiger partial charge on any atom is 0.418 e. The zero-order valence-electron chi connectivity index (χ0n) is 19.6. The second-order valence-corrected chi connectivity index (χ2v) is 10.6. The first-order chi connectivity index (χ1) is 15.8. The lowest BCUT2D eigenvalue weighted by molar-refractivity contribution is 0.154. The minimum Gasteiger partial charge on any atom is -0.449 e. The Kier molecular flexibility index (Phi) is 6.79. The number of hydrogen-bond acceptors (Lipinski definition) is 4. The Morgan fingerprint density at radius 3 is 2.39 bits per heavy atom. The van der Waals surface area contributed by atoms with Crippen molar-refractivity contribution in [3.8, 4) is 0 Å². The zero-order chi connectivity index (χ0) is 23.6. The van der Waals surface area contributed by atoms with Gasteiger partial charge in [0.2, 0.25) is 0 Å². The molecule has 33 heavy (non-hydrogen) atoms. The SMILES string of the molecule is CCOC(=O)n1c(C)c2c3cc(ccc31)N(S(=O)(=O)c1ccc(C)cc1)CCCCCCC2. The van der Waals surface area contributed by atoms with Crippen LogP contribution in [0.2, 0.25) is 0 Å². The third-order valence-corrected chi connectivity index (χ3v) is 8.30. The summed E-state index contributed by atoms with van der Waals surface area (Å²) in [6, 6.07) is 12.6. The maximum absolute atomic E-state index is 13.7. The van der Waals surface area contributed by atoms with Crippen molar-refractivity contribution in [2.45, 2.75) is 64.2 Å². The smallest absolute Gasteiger partial charge is 0.418 e. The van der Waals surface area contributed by atoms with E-state index >= 15 is 0 Å². The van der Waals surface area contributed by atoms with Crippen LogP contribution < -0.4 is 4.31 Å². The first-order valence-corrected chi connectivity index (χ1v) is 13.2. The molecule has 0 N–H and O–H groups in total. The molecule has 0 saturated carbocycles. The average molecular weight is 469 g/mol. The van der Waals surface area contributed by atoms with Crippen molar-refractivity contribution in [3.63, 3.8) is 0 Å². The van der Waals surface area contributed by atoms with E-state index in [1.54, 1.807) is 29.7 Å². The molecular formula is C26H32N2O4S. The fourth-order valence-electron chi connectivity index (χ4n) is 4.68. The molecule has 6 nitrogen and oxygen atoms in total. The highest BCUT2D eigenvalue weighted by Gasteiger charge is 2.27. The number of hydrogen-bond donors (Lipinski definition) is 0. The van der Waals surface area contributed by atoms with Gasteiger partial charge in [-0.15, -0.1) is 0 Å². The third-order valence-electron chi connectivity index (χ3n) is 6.45. The number of anilines is 1. The number of sulfonamides is 1. The Balaban J connectivity index is 1.88. The molecule has 0 unspecified atom stereocenters. The molecule has 4 rings (SSSR count). The Morgan fingerprint density at radius 1 is 0.970 bits per heavy atom. The van der Waals surface area contributed by atoms with E-state index in [1.807, 2.05) is 38.1 Å². The highest BCUT2D eigenvalue weighted by Crippen LogP contribution is 2.34. The van der Waals surface area contributed by atoms with Gasteiger partial charge in [0, 0.05) is 17.6 Å². The van der Waals surface area contributed by atoms with Gasteiger partial charge in [0.05, 0.1) is 22.7 Å². The highest BCUT2D eigenvalue weighted by atomic mass is 32.2. The van der Waals surface area contributed by atoms with Gasteiger partial charge in [-0.05, 0) is 75.9 Å². The lowest BCUT2D eigenvalue weighted by Gasteiger charge is -2.25. The Hall–Kier alpha value is -2.80. The summed E-state index contributed by atoms with van der Waals surface area (Å²) in [6.45, 7) is 6.40. The molecule has 3 aromatic rings. The second kappa shape index (κ2) is 9.59. The van der Waals surface area contributed by atoms with Crippen LogP contribution in [0.25, 0.3) is 10.9 Å². The summed E-state index contributed by atoms with van der Waals surface area (Å²) in [4.78, 5) is 13.0. The van der Waals surface area contributed by atoms with Gasteiger partial charge in [-0.3, -0.25) is 4.31 Å². The van der Waals surface area contributed by atoms with E-state index in [9.17, 15) is 13.2 Å². The van der Waals surface area contributed by atoms with Crippen LogP contribution in [0.4, 0.5) is 10.5 Å². The highest BCUT2D eigenvalue weighted by molar-refractivity contribution is 7.92. The van der Waals surface area contributed by atoms with Crippen molar-refractivity contribution in [3.05, 3.63) is 59.3 Å². The van der Waals surface area contributed by atoms with Crippen molar-refractivity contribution >= 4 is 32.7 Å². The fraction of sp³-hybridized carbons (Fsp3) is 0.423. The van der Waals surface area contributed by atoms with E-state index < -0.39 is 16.1 Å². The first kappa shape index (κ1) is 23.4. The van der Waals surface area contributed by atoms with Crippen molar-refractivity contribution in [2.75, 3.05) is 17.5 Å². The Labute approximate surface area is 196 Å². The van der Waals surface area contributed by atoms with Crippen LogP contribution >= 0.6 is 0 Å². The summed E-state index contributed by atoms with van der Waals surface area (Å²) >= 11 is 0. The predicted octanol–water partition coefficient (Wildman–Crippen LogP) is 5.96. The van der Waals surface area contributed by atoms with Crippen LogP contribution in [-0.4, -0.2) is 32.2 Å². The summed E-state index contributed by atoms with van der Waals surface area (Å²) < 4.78 is 35.8. The Morgan fingerprint density at radius 2 is 1.67 bits per heavy atom. The van der Waals surface area contributed by atoms with Crippen LogP contribution in [0.3, 0.4) is 0 Å². The molecule has 0 amide bonds. The third kappa shape index (κ3) is 4.51. The number of nitrogens with zero attached hydrogens (tertiary/aromatic N) is 2. The molecule has 2 aromatic carbocycles. The summed E-state index contributed by atoms with van der Waals surface area (Å²) in [6.07, 6.45) is 5.42. The monoisotopic (exact) mass is 468 g/mol. The van der Waals surface area contributed by atoms with Crippen LogP contribution in [-0.2, 0) is 21.2 Å². The summed E-state index contributed by atoms with van der Waals surface area (Å²) in [5.74, 6) is 0. The van der Waals surface area contributed by atoms with Crippen molar-refractivity contribution in [1.29, 1.82) is 0 Å². The Bertz CT molecular complexity index is 1260. The molecule has 0 radical (unpaired) electrons. The van der Waals surface area contributed by atoms with E-state index in [1.165, 1.54) is 4.31 Å². The van der Waals surface area contributed by atoms with Gasteiger partial charge in [0.15, 0.2) is 0 Å². The van der Waals surface area contributed by atoms with Crippen LogP contribution in [0, 0.1) is 13.8 Å². The van der Waals surface area contributed by atoms with E-state index in [0.29, 0.717) is 23.7 Å². The van der Waals surface area contributed by atoms with Gasteiger partial charge >= 0.3 is 6.09 Å². The maximum atomic E-state index is 13.7. The molecule has 2 heterocycles. The molecule has 0 aliphatic carbocycles. The molecule has 0 fully saturated rings. The van der Waals surface area contributed by atoms with Crippen molar-refractivity contribution in [1.82, 2.24) is 4.57 Å². The van der Waals surface area contributed by atoms with E-state index in [-0.39, 0.29) is 0 Å². The molecule has 0 saturated heterocycles. The molecule has 1 aliphatic rings. The topological polar surface area (TPSA) is 68.6 Å². The van der Waals surface area contributed by atoms with Crippen molar-refractivity contribution in [2.24, 2.45) is 0 Å². The first-order valence-electron chi connectivity index (χ1n) is 11.7. The number of aryl methyl sites for hydroxylation is 2. The molecule has 1 aliphatic heterocycles. The van der Waals surface area contributed by atoms with Crippen LogP contribution in [0.15, 0.2) is 47.4 Å². The van der Waals surface area contributed by atoms with E-state index in [2.05, 4.69) is 0 Å². The summed E-state index contributed by atoms with van der Waals surface area (Å²) in [5.41, 5.74) is 4.36. The average Bonchev–Trinajstić information content (AvgIpc) is 3.05. The van der Waals surface area contributed by atoms with Gasteiger partial charge in [0.25, 0.3) is 10.0 Å². The summed E-state index contributed by atoms with van der Waals surface area (Å²) in [7, 11) is -3.71. The molecule has 0 atom stereocenters. The number of benzene rings is 2. The zero-order valence-corrected chi connectivity index (χ0v) is 20.5. The molecule has 176 valence electrons. The molecule has 0 spiro atoms. The van der Waals surface area contributed by atoms with Crippen LogP contribution in [0.1, 0.15) is 55.8 Å². The van der Waals surface area contributed by atoms with E-state index in [4.69, 9.17) is 4.74 Å². The van der Waals surface area contributed by atoms with Gasteiger partial charge in [-0.2, -0.15) is 0 Å². The fourth-order valence-corrected chi connectivity index (χ4v) is 6.17. The van der Waals surface area contributed by atoms with Gasteiger partial charge in [-0.1, -0.05) is 37.0 Å². The number of carbonyl (C=O) groups excluding carboxylic acids is 1. The number of fused-ring (bicyclic) bond motifs is 1. The van der Waals surface area contributed by atoms with Gasteiger partial charge in [0.1, 0.15) is 0 Å². The second-order valence-electron chi connectivity index (χ2n) is 8.71. The predicted molar refractivity (Wildman–Crippen MR) is 132 cm³/mol. The van der Waals surface area contributed by atoms with Gasteiger partial charge < -0.3 is 4.74 Å². The quantitative estimate of drug-likeness (QED) is 0.475. The lowest BCUT2D eigenvalue weighted by atomic mass is 10.0. The molecular weight excluding hydrogens is 436 g/mol. The standard InChI is InChI=1S/C26H32N2O4S/c1-4-32-26(29)28-20(3)23-10-8-6-5-7-9-17-27(21-13-16-25(28)24(23)18-21)33(30,31)22-14-11-19(2)12-15-22/h11-16,18H,4-10,17H2,1-3H3. The lowest BCUT2D eigenvalue weighted by Crippen LogP contribution is -2.32. The largest absolute Gasteiger partial charge is 0.449 e. The molecule has 7 heteroatoms. The normalized spacial score (nSPS) is 15.3. The molecule has 2 bridgehead atoms. The minimum absolute atomic E-state index is 0.292. The number of rotatable bonds is 3. The number of carbonyl (C=O) groups is 1.